The lowest BCUT2D eigenvalue weighted by atomic mass is 10.2. The lowest BCUT2D eigenvalue weighted by Crippen LogP contribution is -2.02. The number of hydrogen-bond acceptors (Lipinski definition) is 4. The first kappa shape index (κ1) is 14.4. The van der Waals surface area contributed by atoms with Crippen molar-refractivity contribution < 1.29 is 13.7 Å². The Morgan fingerprint density at radius 2 is 1.70 bits per heavy atom. The number of halogens is 4. The van der Waals surface area contributed by atoms with Crippen molar-refractivity contribution in [2.24, 2.45) is 0 Å². The fraction of sp³-hybridized carbons (Fsp3) is 0. The number of aromatic nitrogens is 1. The van der Waals surface area contributed by atoms with Gasteiger partial charge in [0.05, 0.1) is 10.6 Å². The number of rotatable bonds is 3. The Bertz CT molecular complexity index is 671. The second-order valence-electron chi connectivity index (χ2n) is 3.60. The minimum absolute atomic E-state index is 0.00806. The molecule has 0 saturated heterocycles. The highest BCUT2D eigenvalue weighted by molar-refractivity contribution is 6.39. The van der Waals surface area contributed by atoms with E-state index in [0.717, 1.165) is 0 Å². The molecule has 1 N–H and O–H groups in total. The van der Waals surface area contributed by atoms with Crippen molar-refractivity contribution in [2.75, 3.05) is 5.32 Å². The van der Waals surface area contributed by atoms with Gasteiger partial charge in [-0.1, -0.05) is 35.3 Å². The highest BCUT2D eigenvalue weighted by Crippen LogP contribution is 2.37. The van der Waals surface area contributed by atoms with Gasteiger partial charge >= 0.3 is 0 Å². The van der Waals surface area contributed by atoms with Gasteiger partial charge in [0.15, 0.2) is 0 Å². The van der Waals surface area contributed by atoms with Crippen LogP contribution in [0, 0.1) is 22.0 Å². The molecule has 0 atom stereocenters. The van der Waals surface area contributed by atoms with Gasteiger partial charge in [-0.3, -0.25) is 10.1 Å². The maximum absolute atomic E-state index is 13.3. The standard InChI is InChI=1S/C11H5Cl2F2N3O2/c12-7-9(8(13)11(15)17-10(7)14)16-5-3-1-2-4-6(5)18(19)20/h1-4H,(H,16,17). The number of nitrogens with one attached hydrogen (secondary N) is 1. The number of hydrogen-bond donors (Lipinski definition) is 1. The average Bonchev–Trinajstić information content (AvgIpc) is 2.41. The van der Waals surface area contributed by atoms with E-state index < -0.39 is 26.9 Å². The Morgan fingerprint density at radius 1 is 1.15 bits per heavy atom. The van der Waals surface area contributed by atoms with Gasteiger partial charge in [0.25, 0.3) is 5.69 Å². The van der Waals surface area contributed by atoms with Gasteiger partial charge in [0.2, 0.25) is 11.9 Å². The van der Waals surface area contributed by atoms with E-state index >= 15 is 0 Å². The molecule has 0 bridgehead atoms. The normalized spacial score (nSPS) is 10.4. The third kappa shape index (κ3) is 2.63. The number of anilines is 2. The first-order chi connectivity index (χ1) is 9.41. The first-order valence-corrected chi connectivity index (χ1v) is 5.88. The van der Waals surface area contributed by atoms with Crippen LogP contribution < -0.4 is 5.32 Å². The predicted molar refractivity (Wildman–Crippen MR) is 70.6 cm³/mol. The molecule has 1 aromatic heterocycles. The van der Waals surface area contributed by atoms with Crippen LogP contribution in [0.2, 0.25) is 10.0 Å². The Balaban J connectivity index is 2.54. The van der Waals surface area contributed by atoms with Crippen LogP contribution in [-0.2, 0) is 0 Å². The number of nitro benzene ring substituents is 1. The molecular weight excluding hydrogens is 315 g/mol. The van der Waals surface area contributed by atoms with Crippen LogP contribution in [-0.4, -0.2) is 9.91 Å². The molecule has 0 amide bonds. The van der Waals surface area contributed by atoms with E-state index in [1.54, 1.807) is 0 Å². The Kier molecular flexibility index (Phi) is 4.01. The highest BCUT2D eigenvalue weighted by Gasteiger charge is 2.20. The Labute approximate surface area is 121 Å². The van der Waals surface area contributed by atoms with Gasteiger partial charge < -0.3 is 5.32 Å². The minimum atomic E-state index is -1.27. The summed E-state index contributed by atoms with van der Waals surface area (Å²) >= 11 is 11.3. The summed E-state index contributed by atoms with van der Waals surface area (Å²) < 4.78 is 26.5. The van der Waals surface area contributed by atoms with Crippen LogP contribution in [0.25, 0.3) is 0 Å². The smallest absolute Gasteiger partial charge is 0.292 e. The molecule has 2 rings (SSSR count). The van der Waals surface area contributed by atoms with Crippen molar-refractivity contribution in [1.29, 1.82) is 0 Å². The molecule has 0 aliphatic rings. The molecule has 1 aromatic carbocycles. The predicted octanol–water partition coefficient (Wildman–Crippen LogP) is 4.32. The quantitative estimate of drug-likeness (QED) is 0.519. The summed E-state index contributed by atoms with van der Waals surface area (Å²) in [5, 5.41) is 12.2. The molecule has 0 saturated carbocycles. The van der Waals surface area contributed by atoms with E-state index in [-0.39, 0.29) is 17.1 Å². The molecule has 5 nitrogen and oxygen atoms in total. The van der Waals surface area contributed by atoms with Crippen molar-refractivity contribution in [3.05, 3.63) is 56.3 Å². The van der Waals surface area contributed by atoms with E-state index in [4.69, 9.17) is 23.2 Å². The van der Waals surface area contributed by atoms with Crippen molar-refractivity contribution in [3.8, 4) is 0 Å². The van der Waals surface area contributed by atoms with Crippen LogP contribution in [0.5, 0.6) is 0 Å². The average molecular weight is 320 g/mol. The molecule has 0 aliphatic heterocycles. The summed E-state index contributed by atoms with van der Waals surface area (Å²) in [4.78, 5) is 13.1. The molecule has 20 heavy (non-hydrogen) atoms. The summed E-state index contributed by atoms with van der Waals surface area (Å²) in [5.74, 6) is -2.54. The molecular formula is C11H5Cl2F2N3O2. The van der Waals surface area contributed by atoms with E-state index in [1.807, 2.05) is 0 Å². The SMILES string of the molecule is O=[N+]([O-])c1ccccc1Nc1c(Cl)c(F)nc(F)c1Cl. The molecule has 0 fully saturated rings. The lowest BCUT2D eigenvalue weighted by molar-refractivity contribution is -0.383. The second kappa shape index (κ2) is 5.56. The van der Waals surface area contributed by atoms with Crippen molar-refractivity contribution in [3.63, 3.8) is 0 Å². The van der Waals surface area contributed by atoms with Crippen LogP contribution in [0.4, 0.5) is 25.8 Å². The number of nitrogens with zero attached hydrogens (tertiary/aromatic N) is 2. The van der Waals surface area contributed by atoms with Gasteiger partial charge in [-0.25, -0.2) is 0 Å². The Morgan fingerprint density at radius 3 is 2.25 bits per heavy atom. The minimum Gasteiger partial charge on any atom is -0.347 e. The van der Waals surface area contributed by atoms with Gasteiger partial charge in [-0.2, -0.15) is 13.8 Å². The van der Waals surface area contributed by atoms with E-state index in [0.29, 0.717) is 0 Å². The molecule has 9 heteroatoms. The van der Waals surface area contributed by atoms with Gasteiger partial charge in [-0.05, 0) is 6.07 Å². The second-order valence-corrected chi connectivity index (χ2v) is 4.35. The molecule has 0 aliphatic carbocycles. The van der Waals surface area contributed by atoms with Gasteiger partial charge in [-0.15, -0.1) is 0 Å². The zero-order valence-electron chi connectivity index (χ0n) is 9.53. The molecule has 0 unspecified atom stereocenters. The summed E-state index contributed by atoms with van der Waals surface area (Å²) in [5.41, 5.74) is -0.629. The maximum Gasteiger partial charge on any atom is 0.292 e. The fourth-order valence-corrected chi connectivity index (χ4v) is 1.89. The summed E-state index contributed by atoms with van der Waals surface area (Å²) in [6, 6.07) is 5.52. The van der Waals surface area contributed by atoms with Crippen molar-refractivity contribution in [1.82, 2.24) is 4.98 Å². The zero-order chi connectivity index (χ0) is 14.9. The van der Waals surface area contributed by atoms with E-state index in [2.05, 4.69) is 10.3 Å². The van der Waals surface area contributed by atoms with Gasteiger partial charge in [0.1, 0.15) is 15.7 Å². The molecule has 1 heterocycles. The zero-order valence-corrected chi connectivity index (χ0v) is 11.0. The summed E-state index contributed by atoms with van der Waals surface area (Å²) in [7, 11) is 0. The van der Waals surface area contributed by atoms with E-state index in [1.165, 1.54) is 24.3 Å². The van der Waals surface area contributed by atoms with Crippen LogP contribution in [0.15, 0.2) is 24.3 Å². The maximum atomic E-state index is 13.3. The lowest BCUT2D eigenvalue weighted by Gasteiger charge is -2.11. The van der Waals surface area contributed by atoms with Crippen molar-refractivity contribution in [2.45, 2.75) is 0 Å². The number of para-hydroxylation sites is 2. The molecule has 2 aromatic rings. The summed E-state index contributed by atoms with van der Waals surface area (Å²) in [6.45, 7) is 0. The summed E-state index contributed by atoms with van der Waals surface area (Å²) in [6.07, 6.45) is 0. The third-order valence-corrected chi connectivity index (χ3v) is 3.05. The molecule has 0 radical (unpaired) electrons. The third-order valence-electron chi connectivity index (χ3n) is 2.36. The number of pyridine rings is 1. The van der Waals surface area contributed by atoms with Gasteiger partial charge in [0, 0.05) is 6.07 Å². The molecule has 0 spiro atoms. The van der Waals surface area contributed by atoms with Crippen LogP contribution >= 0.6 is 23.2 Å². The molecule has 104 valence electrons. The van der Waals surface area contributed by atoms with Crippen LogP contribution in [0.1, 0.15) is 0 Å². The van der Waals surface area contributed by atoms with Crippen molar-refractivity contribution >= 4 is 40.3 Å². The van der Waals surface area contributed by atoms with Crippen LogP contribution in [0.3, 0.4) is 0 Å². The highest BCUT2D eigenvalue weighted by atomic mass is 35.5. The number of benzene rings is 1. The first-order valence-electron chi connectivity index (χ1n) is 5.12. The Hall–Kier alpha value is -1.99. The monoisotopic (exact) mass is 319 g/mol. The fourth-order valence-electron chi connectivity index (χ4n) is 1.47. The topological polar surface area (TPSA) is 68.1 Å². The number of nitro groups is 1. The van der Waals surface area contributed by atoms with E-state index in [9.17, 15) is 18.9 Å². The largest absolute Gasteiger partial charge is 0.347 e.